The quantitative estimate of drug-likeness (QED) is 0.746. The summed E-state index contributed by atoms with van der Waals surface area (Å²) in [6.45, 7) is 6.79. The molecule has 0 atom stereocenters. The van der Waals surface area contributed by atoms with Crippen molar-refractivity contribution in [2.24, 2.45) is 5.92 Å². The molecule has 1 nitrogen and oxygen atoms in total. The summed E-state index contributed by atoms with van der Waals surface area (Å²) < 4.78 is 1.28. The highest BCUT2D eigenvalue weighted by Gasteiger charge is 2.00. The van der Waals surface area contributed by atoms with Crippen molar-refractivity contribution in [1.29, 1.82) is 0 Å². The number of hydrogen-bond acceptors (Lipinski definition) is 2. The van der Waals surface area contributed by atoms with Gasteiger partial charge in [0.25, 0.3) is 0 Å². The maximum atomic E-state index is 3.56. The van der Waals surface area contributed by atoms with Gasteiger partial charge in [0.05, 0.1) is 0 Å². The first-order valence-electron chi connectivity index (χ1n) is 5.62. The summed E-state index contributed by atoms with van der Waals surface area (Å²) in [5.41, 5.74) is 0. The molecule has 1 heterocycles. The minimum Gasteiger partial charge on any atom is -0.316 e. The molecule has 1 rings (SSSR count). The second-order valence-electron chi connectivity index (χ2n) is 4.25. The van der Waals surface area contributed by atoms with Gasteiger partial charge in [0.1, 0.15) is 0 Å². The first-order chi connectivity index (χ1) is 7.20. The third-order valence-corrected chi connectivity index (χ3v) is 4.24. The topological polar surface area (TPSA) is 12.0 Å². The summed E-state index contributed by atoms with van der Waals surface area (Å²) in [6.07, 6.45) is 3.77. The van der Waals surface area contributed by atoms with E-state index in [0.29, 0.717) is 0 Å². The molecule has 0 bridgehead atoms. The zero-order chi connectivity index (χ0) is 11.1. The zero-order valence-electron chi connectivity index (χ0n) is 9.55. The van der Waals surface area contributed by atoms with Gasteiger partial charge in [0, 0.05) is 9.35 Å². The van der Waals surface area contributed by atoms with Gasteiger partial charge in [0.15, 0.2) is 0 Å². The SMILES string of the molecule is CC(C)CNCCCCc1sccc1Br. The van der Waals surface area contributed by atoms with E-state index in [9.17, 15) is 0 Å². The number of unbranched alkanes of at least 4 members (excludes halogenated alkanes) is 1. The molecule has 86 valence electrons. The maximum absolute atomic E-state index is 3.56. The molecule has 15 heavy (non-hydrogen) atoms. The molecule has 3 heteroatoms. The summed E-state index contributed by atoms with van der Waals surface area (Å²) in [6, 6.07) is 2.14. The molecule has 0 unspecified atom stereocenters. The summed E-state index contributed by atoms with van der Waals surface area (Å²) >= 11 is 5.41. The Kier molecular flexibility index (Phi) is 6.53. The van der Waals surface area contributed by atoms with Crippen LogP contribution in [0.15, 0.2) is 15.9 Å². The van der Waals surface area contributed by atoms with Crippen molar-refractivity contribution in [2.75, 3.05) is 13.1 Å². The first kappa shape index (κ1) is 13.2. The Balaban J connectivity index is 2.00. The molecule has 0 saturated carbocycles. The Labute approximate surface area is 105 Å². The average molecular weight is 290 g/mol. The van der Waals surface area contributed by atoms with Gasteiger partial charge < -0.3 is 5.32 Å². The largest absolute Gasteiger partial charge is 0.316 e. The van der Waals surface area contributed by atoms with E-state index in [1.165, 1.54) is 28.6 Å². The van der Waals surface area contributed by atoms with E-state index >= 15 is 0 Å². The van der Waals surface area contributed by atoms with Gasteiger partial charge in [-0.3, -0.25) is 0 Å². The van der Waals surface area contributed by atoms with Crippen molar-refractivity contribution in [2.45, 2.75) is 33.1 Å². The predicted molar refractivity (Wildman–Crippen MR) is 72.7 cm³/mol. The van der Waals surface area contributed by atoms with Crippen LogP contribution in [0.1, 0.15) is 31.6 Å². The highest BCUT2D eigenvalue weighted by atomic mass is 79.9. The normalized spacial score (nSPS) is 11.2. The minimum atomic E-state index is 0.761. The zero-order valence-corrected chi connectivity index (χ0v) is 12.0. The summed E-state index contributed by atoms with van der Waals surface area (Å²) in [5, 5.41) is 5.62. The molecule has 0 spiro atoms. The Morgan fingerprint density at radius 1 is 1.40 bits per heavy atom. The molecule has 0 amide bonds. The lowest BCUT2D eigenvalue weighted by molar-refractivity contribution is 0.536. The molecule has 1 aromatic heterocycles. The number of aryl methyl sites for hydroxylation is 1. The minimum absolute atomic E-state index is 0.761. The van der Waals surface area contributed by atoms with Crippen molar-refractivity contribution in [3.8, 4) is 0 Å². The van der Waals surface area contributed by atoms with Gasteiger partial charge in [-0.1, -0.05) is 13.8 Å². The van der Waals surface area contributed by atoms with Gasteiger partial charge in [-0.15, -0.1) is 11.3 Å². The molecule has 0 radical (unpaired) electrons. The van der Waals surface area contributed by atoms with Gasteiger partial charge in [-0.05, 0) is 65.6 Å². The maximum Gasteiger partial charge on any atom is 0.0314 e. The van der Waals surface area contributed by atoms with E-state index in [1.54, 1.807) is 0 Å². The van der Waals surface area contributed by atoms with E-state index in [2.05, 4.69) is 46.5 Å². The number of rotatable bonds is 7. The standard InChI is InChI=1S/C12H20BrNS/c1-10(2)9-14-7-4-3-5-12-11(13)6-8-15-12/h6,8,10,14H,3-5,7,9H2,1-2H3. The van der Waals surface area contributed by atoms with Crippen LogP contribution in [0, 0.1) is 5.92 Å². The molecule has 0 aliphatic carbocycles. The van der Waals surface area contributed by atoms with Gasteiger partial charge in [0.2, 0.25) is 0 Å². The van der Waals surface area contributed by atoms with E-state index in [1.807, 2.05) is 11.3 Å². The van der Waals surface area contributed by atoms with E-state index in [-0.39, 0.29) is 0 Å². The molecule has 0 saturated heterocycles. The number of hydrogen-bond donors (Lipinski definition) is 1. The summed E-state index contributed by atoms with van der Waals surface area (Å²) in [4.78, 5) is 1.49. The van der Waals surface area contributed by atoms with Crippen LogP contribution < -0.4 is 5.32 Å². The van der Waals surface area contributed by atoms with Crippen LogP contribution in [0.25, 0.3) is 0 Å². The van der Waals surface area contributed by atoms with Crippen molar-refractivity contribution < 1.29 is 0 Å². The lowest BCUT2D eigenvalue weighted by Crippen LogP contribution is -2.20. The lowest BCUT2D eigenvalue weighted by atomic mass is 10.2. The predicted octanol–water partition coefficient (Wildman–Crippen LogP) is 4.08. The fraction of sp³-hybridized carbons (Fsp3) is 0.667. The second-order valence-corrected chi connectivity index (χ2v) is 6.10. The highest BCUT2D eigenvalue weighted by Crippen LogP contribution is 2.24. The molecular weight excluding hydrogens is 270 g/mol. The van der Waals surface area contributed by atoms with Crippen LogP contribution in [-0.2, 0) is 6.42 Å². The summed E-state index contributed by atoms with van der Waals surface area (Å²) in [7, 11) is 0. The lowest BCUT2D eigenvalue weighted by Gasteiger charge is -2.06. The number of thiophene rings is 1. The Morgan fingerprint density at radius 2 is 2.20 bits per heavy atom. The number of halogens is 1. The second kappa shape index (κ2) is 7.42. The fourth-order valence-electron chi connectivity index (χ4n) is 1.43. The van der Waals surface area contributed by atoms with Crippen LogP contribution in [0.2, 0.25) is 0 Å². The third-order valence-electron chi connectivity index (χ3n) is 2.25. The monoisotopic (exact) mass is 289 g/mol. The number of nitrogens with one attached hydrogen (secondary N) is 1. The van der Waals surface area contributed by atoms with E-state index < -0.39 is 0 Å². The molecule has 0 aliphatic rings. The smallest absolute Gasteiger partial charge is 0.0314 e. The molecule has 0 aromatic carbocycles. The molecule has 1 aromatic rings. The van der Waals surface area contributed by atoms with E-state index in [4.69, 9.17) is 0 Å². The third kappa shape index (κ3) is 5.69. The van der Waals surface area contributed by atoms with Crippen LogP contribution >= 0.6 is 27.3 Å². The Bertz CT molecular complexity index is 270. The van der Waals surface area contributed by atoms with Gasteiger partial charge in [-0.25, -0.2) is 0 Å². The van der Waals surface area contributed by atoms with Gasteiger partial charge >= 0.3 is 0 Å². The van der Waals surface area contributed by atoms with Crippen LogP contribution in [0.5, 0.6) is 0 Å². The molecular formula is C12H20BrNS. The molecule has 0 aliphatic heterocycles. The van der Waals surface area contributed by atoms with Crippen molar-refractivity contribution in [1.82, 2.24) is 5.32 Å². The fourth-order valence-corrected chi connectivity index (χ4v) is 3.03. The van der Waals surface area contributed by atoms with Gasteiger partial charge in [-0.2, -0.15) is 0 Å². The van der Waals surface area contributed by atoms with E-state index in [0.717, 1.165) is 19.0 Å². The van der Waals surface area contributed by atoms with Crippen LogP contribution in [0.4, 0.5) is 0 Å². The average Bonchev–Trinajstić information content (AvgIpc) is 2.57. The van der Waals surface area contributed by atoms with Crippen molar-refractivity contribution in [3.05, 3.63) is 20.8 Å². The highest BCUT2D eigenvalue weighted by molar-refractivity contribution is 9.10. The van der Waals surface area contributed by atoms with Crippen LogP contribution in [0.3, 0.4) is 0 Å². The summed E-state index contributed by atoms with van der Waals surface area (Å²) in [5.74, 6) is 0.761. The Hall–Kier alpha value is 0.140. The van der Waals surface area contributed by atoms with Crippen molar-refractivity contribution >= 4 is 27.3 Å². The van der Waals surface area contributed by atoms with Crippen molar-refractivity contribution in [3.63, 3.8) is 0 Å². The van der Waals surface area contributed by atoms with Crippen LogP contribution in [-0.4, -0.2) is 13.1 Å². The Morgan fingerprint density at radius 3 is 2.80 bits per heavy atom. The molecule has 0 fully saturated rings. The first-order valence-corrected chi connectivity index (χ1v) is 7.30. The molecule has 1 N–H and O–H groups in total.